The van der Waals surface area contributed by atoms with Gasteiger partial charge in [0.1, 0.15) is 30.4 Å². The number of halogens is 3. The number of nitrogens with zero attached hydrogens (tertiary/aromatic N) is 3. The molecule has 0 atom stereocenters. The Morgan fingerprint density at radius 3 is 2.63 bits per heavy atom. The van der Waals surface area contributed by atoms with Gasteiger partial charge in [-0.1, -0.05) is 12.1 Å². The fraction of sp³-hybridized carbons (Fsp3) is 0.136. The lowest BCUT2D eigenvalue weighted by atomic mass is 10.0. The van der Waals surface area contributed by atoms with Gasteiger partial charge in [-0.25, -0.2) is 23.1 Å². The highest BCUT2D eigenvalue weighted by Crippen LogP contribution is 2.37. The maximum atomic E-state index is 14.4. The molecule has 0 aliphatic heterocycles. The number of aromatic nitrogens is 3. The molecule has 4 aromatic rings. The Kier molecular flexibility index (Phi) is 5.47. The van der Waals surface area contributed by atoms with Crippen molar-refractivity contribution in [3.8, 4) is 28.3 Å². The third kappa shape index (κ3) is 3.63. The van der Waals surface area contributed by atoms with Crippen molar-refractivity contribution < 1.29 is 17.9 Å². The monoisotopic (exact) mass is 410 g/mol. The SMILES string of the molecule is CNc1nc(-c2cccnc2)nc2c(OCCF)cc(-c3cccc(F)c3F)cc12. The first kappa shape index (κ1) is 19.6. The van der Waals surface area contributed by atoms with Gasteiger partial charge in [-0.05, 0) is 35.9 Å². The second kappa shape index (κ2) is 8.36. The molecule has 5 nitrogen and oxygen atoms in total. The maximum Gasteiger partial charge on any atom is 0.166 e. The maximum absolute atomic E-state index is 14.4. The summed E-state index contributed by atoms with van der Waals surface area (Å²) < 4.78 is 46.6. The Labute approximate surface area is 170 Å². The van der Waals surface area contributed by atoms with Crippen LogP contribution < -0.4 is 10.1 Å². The lowest BCUT2D eigenvalue weighted by Gasteiger charge is -2.15. The Bertz CT molecular complexity index is 1200. The zero-order valence-corrected chi connectivity index (χ0v) is 16.0. The fourth-order valence-electron chi connectivity index (χ4n) is 3.16. The van der Waals surface area contributed by atoms with E-state index in [0.29, 0.717) is 33.7 Å². The van der Waals surface area contributed by atoms with Gasteiger partial charge in [0.15, 0.2) is 17.5 Å². The number of pyridine rings is 1. The summed E-state index contributed by atoms with van der Waals surface area (Å²) in [7, 11) is 1.69. The molecule has 8 heteroatoms. The highest BCUT2D eigenvalue weighted by Gasteiger charge is 2.18. The molecule has 0 fully saturated rings. The van der Waals surface area contributed by atoms with Crippen molar-refractivity contribution in [3.05, 3.63) is 66.5 Å². The van der Waals surface area contributed by atoms with Gasteiger partial charge in [0, 0.05) is 36.0 Å². The highest BCUT2D eigenvalue weighted by atomic mass is 19.2. The summed E-state index contributed by atoms with van der Waals surface area (Å²) in [6.07, 6.45) is 3.26. The Balaban J connectivity index is 1.99. The number of hydrogen-bond acceptors (Lipinski definition) is 5. The molecular weight excluding hydrogens is 393 g/mol. The van der Waals surface area contributed by atoms with Crippen molar-refractivity contribution >= 4 is 16.7 Å². The van der Waals surface area contributed by atoms with Crippen LogP contribution in [0.2, 0.25) is 0 Å². The van der Waals surface area contributed by atoms with Crippen LogP contribution in [0.25, 0.3) is 33.4 Å². The minimum absolute atomic E-state index is 0.0559. The second-order valence-corrected chi connectivity index (χ2v) is 6.40. The molecule has 0 aliphatic rings. The van der Waals surface area contributed by atoms with Crippen molar-refractivity contribution in [2.45, 2.75) is 0 Å². The van der Waals surface area contributed by atoms with Crippen LogP contribution in [0.5, 0.6) is 5.75 Å². The normalized spacial score (nSPS) is 10.9. The molecule has 0 amide bonds. The van der Waals surface area contributed by atoms with Gasteiger partial charge in [0.2, 0.25) is 0 Å². The number of ether oxygens (including phenoxy) is 1. The van der Waals surface area contributed by atoms with E-state index in [1.165, 1.54) is 18.2 Å². The Hall–Kier alpha value is -3.68. The van der Waals surface area contributed by atoms with Gasteiger partial charge >= 0.3 is 0 Å². The lowest BCUT2D eigenvalue weighted by Crippen LogP contribution is -2.04. The molecule has 2 aromatic heterocycles. The van der Waals surface area contributed by atoms with E-state index in [2.05, 4.69) is 20.3 Å². The van der Waals surface area contributed by atoms with E-state index in [-0.39, 0.29) is 17.9 Å². The zero-order valence-electron chi connectivity index (χ0n) is 16.0. The van der Waals surface area contributed by atoms with Crippen LogP contribution in [-0.4, -0.2) is 35.3 Å². The van der Waals surface area contributed by atoms with Crippen molar-refractivity contribution in [1.29, 1.82) is 0 Å². The van der Waals surface area contributed by atoms with Crippen molar-refractivity contribution in [1.82, 2.24) is 15.0 Å². The third-order valence-corrected chi connectivity index (χ3v) is 4.52. The standard InChI is InChI=1S/C22H17F3N4O/c1-26-22-16-10-14(15-5-2-6-17(24)19(15)25)11-18(30-9-7-23)20(16)28-21(29-22)13-4-3-8-27-12-13/h2-6,8,10-12H,7,9H2,1H3,(H,26,28,29). The first-order valence-electron chi connectivity index (χ1n) is 9.19. The van der Waals surface area contributed by atoms with Gasteiger partial charge in [0.25, 0.3) is 0 Å². The van der Waals surface area contributed by atoms with Crippen LogP contribution in [0.4, 0.5) is 19.0 Å². The third-order valence-electron chi connectivity index (χ3n) is 4.52. The summed E-state index contributed by atoms with van der Waals surface area (Å²) in [6, 6.07) is 10.7. The number of nitrogens with one attached hydrogen (secondary N) is 1. The molecule has 152 valence electrons. The summed E-state index contributed by atoms with van der Waals surface area (Å²) >= 11 is 0. The Morgan fingerprint density at radius 2 is 1.90 bits per heavy atom. The predicted molar refractivity (Wildman–Crippen MR) is 109 cm³/mol. The van der Waals surface area contributed by atoms with Crippen molar-refractivity contribution in [3.63, 3.8) is 0 Å². The molecule has 2 heterocycles. The molecule has 4 rings (SSSR count). The van der Waals surface area contributed by atoms with Gasteiger partial charge < -0.3 is 10.1 Å². The van der Waals surface area contributed by atoms with Crippen LogP contribution in [0.3, 0.4) is 0 Å². The number of anilines is 1. The highest BCUT2D eigenvalue weighted by molar-refractivity contribution is 5.97. The van der Waals surface area contributed by atoms with E-state index in [4.69, 9.17) is 4.74 Å². The summed E-state index contributed by atoms with van der Waals surface area (Å²) in [5, 5.41) is 3.53. The number of alkyl halides is 1. The molecule has 30 heavy (non-hydrogen) atoms. The van der Waals surface area contributed by atoms with Crippen molar-refractivity contribution in [2.75, 3.05) is 25.6 Å². The molecule has 0 saturated heterocycles. The molecule has 0 bridgehead atoms. The molecule has 0 aliphatic carbocycles. The van der Waals surface area contributed by atoms with E-state index in [0.717, 1.165) is 6.07 Å². The minimum Gasteiger partial charge on any atom is -0.489 e. The number of fused-ring (bicyclic) bond motifs is 1. The topological polar surface area (TPSA) is 59.9 Å². The van der Waals surface area contributed by atoms with E-state index in [1.54, 1.807) is 31.6 Å². The molecule has 0 unspecified atom stereocenters. The minimum atomic E-state index is -0.979. The van der Waals surface area contributed by atoms with Gasteiger partial charge in [0.05, 0.1) is 0 Å². The summed E-state index contributed by atoms with van der Waals surface area (Å²) in [5.41, 5.74) is 1.53. The van der Waals surface area contributed by atoms with Crippen LogP contribution in [-0.2, 0) is 0 Å². The number of rotatable bonds is 6. The first-order chi connectivity index (χ1) is 14.6. The average molecular weight is 410 g/mol. The quantitative estimate of drug-likeness (QED) is 0.483. The van der Waals surface area contributed by atoms with Gasteiger partial charge in [-0.3, -0.25) is 4.98 Å². The summed E-state index contributed by atoms with van der Waals surface area (Å²) in [5.74, 6) is -0.840. The van der Waals surface area contributed by atoms with Crippen LogP contribution in [0.15, 0.2) is 54.9 Å². The fourth-order valence-corrected chi connectivity index (χ4v) is 3.16. The number of benzene rings is 2. The molecule has 2 aromatic carbocycles. The smallest absolute Gasteiger partial charge is 0.166 e. The lowest BCUT2D eigenvalue weighted by molar-refractivity contribution is 0.275. The average Bonchev–Trinajstić information content (AvgIpc) is 2.79. The molecule has 0 radical (unpaired) electrons. The van der Waals surface area contributed by atoms with Gasteiger partial charge in [-0.2, -0.15) is 0 Å². The molecule has 1 N–H and O–H groups in total. The van der Waals surface area contributed by atoms with Crippen molar-refractivity contribution in [2.24, 2.45) is 0 Å². The summed E-state index contributed by atoms with van der Waals surface area (Å²) in [6.45, 7) is -0.912. The van der Waals surface area contributed by atoms with E-state index in [1.807, 2.05) is 6.07 Å². The zero-order chi connectivity index (χ0) is 21.1. The summed E-state index contributed by atoms with van der Waals surface area (Å²) in [4.78, 5) is 13.2. The molecule has 0 saturated carbocycles. The van der Waals surface area contributed by atoms with Crippen LogP contribution >= 0.6 is 0 Å². The number of hydrogen-bond donors (Lipinski definition) is 1. The molecule has 0 spiro atoms. The Morgan fingerprint density at radius 1 is 1.03 bits per heavy atom. The van der Waals surface area contributed by atoms with E-state index >= 15 is 0 Å². The van der Waals surface area contributed by atoms with E-state index in [9.17, 15) is 13.2 Å². The van der Waals surface area contributed by atoms with Crippen LogP contribution in [0.1, 0.15) is 0 Å². The predicted octanol–water partition coefficient (Wildman–Crippen LogP) is 5.03. The second-order valence-electron chi connectivity index (χ2n) is 6.40. The van der Waals surface area contributed by atoms with Gasteiger partial charge in [-0.15, -0.1) is 0 Å². The molecular formula is C22H17F3N4O. The van der Waals surface area contributed by atoms with E-state index < -0.39 is 18.3 Å². The largest absolute Gasteiger partial charge is 0.489 e. The first-order valence-corrected chi connectivity index (χ1v) is 9.19. The van der Waals surface area contributed by atoms with Crippen LogP contribution in [0, 0.1) is 11.6 Å².